The fourth-order valence-corrected chi connectivity index (χ4v) is 10.00. The summed E-state index contributed by atoms with van der Waals surface area (Å²) >= 11 is 0. The highest BCUT2D eigenvalue weighted by Gasteiger charge is 2.76. The molecule has 3 heteroatoms. The van der Waals surface area contributed by atoms with E-state index in [2.05, 4.69) is 34.6 Å². The Bertz CT molecular complexity index is 732. The van der Waals surface area contributed by atoms with E-state index in [4.69, 9.17) is 9.47 Å². The molecule has 182 valence electrons. The smallest absolute Gasteiger partial charge is 0.302 e. The van der Waals surface area contributed by atoms with Crippen LogP contribution in [0.3, 0.4) is 0 Å². The van der Waals surface area contributed by atoms with E-state index in [0.717, 1.165) is 48.3 Å². The van der Waals surface area contributed by atoms with Gasteiger partial charge in [-0.2, -0.15) is 0 Å². The minimum Gasteiger partial charge on any atom is -0.462 e. The maximum Gasteiger partial charge on any atom is 0.302 e. The topological polar surface area (TPSA) is 38.8 Å². The van der Waals surface area contributed by atoms with E-state index in [9.17, 15) is 4.79 Å². The predicted octanol–water partition coefficient (Wildman–Crippen LogP) is 7.17. The van der Waals surface area contributed by atoms with Crippen molar-refractivity contribution >= 4 is 5.97 Å². The van der Waals surface area contributed by atoms with E-state index in [1.807, 2.05) is 0 Å². The first-order valence-electron chi connectivity index (χ1n) is 14.0. The maximum absolute atomic E-state index is 11.6. The average molecular weight is 445 g/mol. The van der Waals surface area contributed by atoms with Gasteiger partial charge in [0.1, 0.15) is 11.7 Å². The van der Waals surface area contributed by atoms with Crippen molar-refractivity contribution in [2.45, 2.75) is 130 Å². The molecular formula is C29H48O3. The van der Waals surface area contributed by atoms with Gasteiger partial charge in [-0.05, 0) is 85.9 Å². The lowest BCUT2D eigenvalue weighted by atomic mass is 9.44. The van der Waals surface area contributed by atoms with E-state index in [-0.39, 0.29) is 23.1 Å². The van der Waals surface area contributed by atoms with Gasteiger partial charge in [0.15, 0.2) is 0 Å². The lowest BCUT2D eigenvalue weighted by Gasteiger charge is -2.59. The average Bonchev–Trinajstić information content (AvgIpc) is 3.28. The molecule has 10 atom stereocenters. The molecule has 0 aromatic rings. The number of fused-ring (bicyclic) bond motifs is 4. The van der Waals surface area contributed by atoms with Crippen LogP contribution in [0, 0.1) is 46.3 Å². The second-order valence-corrected chi connectivity index (χ2v) is 13.5. The zero-order chi connectivity index (χ0) is 22.9. The zero-order valence-corrected chi connectivity index (χ0v) is 21.6. The fraction of sp³-hybridized carbons (Fsp3) is 0.966. The molecule has 0 aromatic heterocycles. The minimum absolute atomic E-state index is 0.00240. The fourth-order valence-electron chi connectivity index (χ4n) is 10.00. The maximum atomic E-state index is 11.6. The van der Waals surface area contributed by atoms with Crippen LogP contribution in [0.5, 0.6) is 0 Å². The van der Waals surface area contributed by atoms with Gasteiger partial charge in [-0.3, -0.25) is 4.79 Å². The monoisotopic (exact) mass is 444 g/mol. The molecular weight excluding hydrogens is 396 g/mol. The van der Waals surface area contributed by atoms with Gasteiger partial charge in [-0.15, -0.1) is 0 Å². The Kier molecular flexibility index (Phi) is 5.79. The van der Waals surface area contributed by atoms with E-state index >= 15 is 0 Å². The summed E-state index contributed by atoms with van der Waals surface area (Å²) in [6, 6.07) is 0. The summed E-state index contributed by atoms with van der Waals surface area (Å²) in [7, 11) is 0. The Morgan fingerprint density at radius 1 is 1.03 bits per heavy atom. The molecule has 0 unspecified atom stereocenters. The Labute approximate surface area is 196 Å². The van der Waals surface area contributed by atoms with Gasteiger partial charge < -0.3 is 9.47 Å². The SMILES string of the molecule is CC(=O)O[C@H]1CC[C@]2(C)[C@@H]3CC[C@@]4(C)[C@@H](CC[C@H]4[C@H](C)CCCC(C)C)[C@@H]3C[C@H]3O[C@]32C1. The van der Waals surface area contributed by atoms with Crippen molar-refractivity contribution in [1.82, 2.24) is 0 Å². The van der Waals surface area contributed by atoms with Crippen LogP contribution in [0.1, 0.15) is 112 Å². The Morgan fingerprint density at radius 2 is 1.81 bits per heavy atom. The molecule has 5 aliphatic rings. The summed E-state index contributed by atoms with van der Waals surface area (Å²) in [6.45, 7) is 14.1. The summed E-state index contributed by atoms with van der Waals surface area (Å²) in [4.78, 5) is 11.6. The Hall–Kier alpha value is -0.570. The van der Waals surface area contributed by atoms with Crippen LogP contribution in [0.15, 0.2) is 0 Å². The molecule has 4 aliphatic carbocycles. The van der Waals surface area contributed by atoms with Gasteiger partial charge in [0.25, 0.3) is 0 Å². The van der Waals surface area contributed by atoms with Crippen molar-refractivity contribution < 1.29 is 14.3 Å². The van der Waals surface area contributed by atoms with Crippen molar-refractivity contribution in [2.24, 2.45) is 46.3 Å². The third-order valence-corrected chi connectivity index (χ3v) is 11.6. The van der Waals surface area contributed by atoms with Gasteiger partial charge in [0.05, 0.1) is 6.10 Å². The van der Waals surface area contributed by atoms with Crippen LogP contribution in [0.4, 0.5) is 0 Å². The zero-order valence-electron chi connectivity index (χ0n) is 21.6. The molecule has 1 spiro atoms. The molecule has 0 radical (unpaired) electrons. The van der Waals surface area contributed by atoms with Gasteiger partial charge in [-0.1, -0.05) is 53.9 Å². The van der Waals surface area contributed by atoms with Gasteiger partial charge >= 0.3 is 5.97 Å². The molecule has 0 amide bonds. The molecule has 5 fully saturated rings. The molecule has 32 heavy (non-hydrogen) atoms. The molecule has 0 aromatic carbocycles. The van der Waals surface area contributed by atoms with Crippen molar-refractivity contribution in [3.8, 4) is 0 Å². The molecule has 4 saturated carbocycles. The van der Waals surface area contributed by atoms with E-state index in [1.54, 1.807) is 6.92 Å². The van der Waals surface area contributed by atoms with Crippen molar-refractivity contribution in [2.75, 3.05) is 0 Å². The van der Waals surface area contributed by atoms with Crippen molar-refractivity contribution in [3.63, 3.8) is 0 Å². The number of hydrogen-bond donors (Lipinski definition) is 0. The molecule has 1 heterocycles. The van der Waals surface area contributed by atoms with Gasteiger partial charge in [-0.25, -0.2) is 0 Å². The van der Waals surface area contributed by atoms with Crippen LogP contribution in [-0.2, 0) is 14.3 Å². The number of carbonyl (C=O) groups is 1. The summed E-state index contributed by atoms with van der Waals surface area (Å²) in [5.41, 5.74) is 0.820. The van der Waals surface area contributed by atoms with Crippen LogP contribution in [-0.4, -0.2) is 23.8 Å². The Morgan fingerprint density at radius 3 is 2.53 bits per heavy atom. The van der Waals surface area contributed by atoms with E-state index < -0.39 is 0 Å². The van der Waals surface area contributed by atoms with Crippen LogP contribution >= 0.6 is 0 Å². The standard InChI is InChI=1S/C29H48O3/c1-18(2)8-7-9-19(3)23-10-11-24-22-16-26-29(32-26)17-21(31-20(4)30)12-15-28(29,6)25(22)13-14-27(23,24)5/h18-19,21-26H,7-17H2,1-6H3/t19-,21+,22+,23+,24+,25-,26-,27-,28-,29-/m1/s1. The minimum atomic E-state index is -0.131. The van der Waals surface area contributed by atoms with E-state index in [1.165, 1.54) is 57.8 Å². The first kappa shape index (κ1) is 23.2. The number of epoxide rings is 1. The summed E-state index contributed by atoms with van der Waals surface area (Å²) < 4.78 is 12.3. The van der Waals surface area contributed by atoms with Crippen LogP contribution in [0.2, 0.25) is 0 Å². The largest absolute Gasteiger partial charge is 0.462 e. The molecule has 1 aliphatic heterocycles. The third-order valence-electron chi connectivity index (χ3n) is 11.6. The third kappa shape index (κ3) is 3.42. The number of hydrogen-bond acceptors (Lipinski definition) is 3. The van der Waals surface area contributed by atoms with Crippen LogP contribution < -0.4 is 0 Å². The molecule has 0 N–H and O–H groups in total. The number of ether oxygens (including phenoxy) is 2. The number of rotatable bonds is 6. The van der Waals surface area contributed by atoms with E-state index in [0.29, 0.717) is 11.5 Å². The first-order valence-corrected chi connectivity index (χ1v) is 14.0. The second-order valence-electron chi connectivity index (χ2n) is 13.5. The summed E-state index contributed by atoms with van der Waals surface area (Å²) in [6.07, 6.45) is 14.8. The lowest BCUT2D eigenvalue weighted by Crippen LogP contribution is -2.59. The summed E-state index contributed by atoms with van der Waals surface area (Å²) in [5, 5.41) is 0. The number of esters is 1. The lowest BCUT2D eigenvalue weighted by molar-refractivity contribution is -0.157. The van der Waals surface area contributed by atoms with Crippen molar-refractivity contribution in [3.05, 3.63) is 0 Å². The highest BCUT2D eigenvalue weighted by atomic mass is 16.6. The molecule has 3 nitrogen and oxygen atoms in total. The summed E-state index contributed by atoms with van der Waals surface area (Å²) in [5.74, 6) is 5.03. The van der Waals surface area contributed by atoms with Gasteiger partial charge in [0.2, 0.25) is 0 Å². The number of carbonyl (C=O) groups excluding carboxylic acids is 1. The van der Waals surface area contributed by atoms with Crippen LogP contribution in [0.25, 0.3) is 0 Å². The highest BCUT2D eigenvalue weighted by molar-refractivity contribution is 5.66. The molecule has 1 saturated heterocycles. The second kappa shape index (κ2) is 7.99. The predicted molar refractivity (Wildman–Crippen MR) is 128 cm³/mol. The molecule has 5 rings (SSSR count). The van der Waals surface area contributed by atoms with Gasteiger partial charge in [0, 0.05) is 18.8 Å². The Balaban J connectivity index is 1.30. The highest BCUT2D eigenvalue weighted by Crippen LogP contribution is 2.74. The van der Waals surface area contributed by atoms with Crippen molar-refractivity contribution in [1.29, 1.82) is 0 Å². The molecule has 0 bridgehead atoms. The quantitative estimate of drug-likeness (QED) is 0.322. The normalized spacial score (nSPS) is 50.1. The first-order chi connectivity index (χ1) is 15.1.